The Labute approximate surface area is 58.8 Å². The fourth-order valence-corrected chi connectivity index (χ4v) is 0.942. The van der Waals surface area contributed by atoms with Crippen LogP contribution in [0.3, 0.4) is 0 Å². The summed E-state index contributed by atoms with van der Waals surface area (Å²) >= 11 is 0. The smallest absolute Gasteiger partial charge is 0.000300 e. The average molecular weight is 129 g/mol. The van der Waals surface area contributed by atoms with Crippen molar-refractivity contribution in [2.24, 2.45) is 5.41 Å². The summed E-state index contributed by atoms with van der Waals surface area (Å²) in [6.07, 6.45) is 1.34. The van der Waals surface area contributed by atoms with Gasteiger partial charge in [-0.15, -0.1) is 0 Å². The second-order valence-corrected chi connectivity index (χ2v) is 3.09. The maximum Gasteiger partial charge on any atom is 0.000300 e. The average Bonchev–Trinajstić information content (AvgIpc) is 2.19. The minimum atomic E-state index is 0.583. The van der Waals surface area contributed by atoms with Crippen molar-refractivity contribution < 1.29 is 0 Å². The van der Waals surface area contributed by atoms with Gasteiger partial charge in [-0.1, -0.05) is 27.7 Å². The van der Waals surface area contributed by atoms with Crippen LogP contribution in [-0.2, 0) is 0 Å². The third-order valence-electron chi connectivity index (χ3n) is 1.58. The van der Waals surface area contributed by atoms with Crippen molar-refractivity contribution in [2.45, 2.75) is 34.1 Å². The molecule has 0 atom stereocenters. The van der Waals surface area contributed by atoms with E-state index in [-0.39, 0.29) is 0 Å². The first-order valence-corrected chi connectivity index (χ1v) is 3.91. The minimum absolute atomic E-state index is 0.583. The molecule has 1 fully saturated rings. The molecule has 1 aliphatic rings. The van der Waals surface area contributed by atoms with Gasteiger partial charge in [-0.05, 0) is 18.4 Å². The van der Waals surface area contributed by atoms with E-state index in [1.54, 1.807) is 0 Å². The van der Waals surface area contributed by atoms with Crippen LogP contribution in [0.1, 0.15) is 34.1 Å². The molecule has 1 heteroatoms. The molecule has 56 valence electrons. The van der Waals surface area contributed by atoms with Crippen LogP contribution in [0, 0.1) is 5.41 Å². The van der Waals surface area contributed by atoms with Gasteiger partial charge >= 0.3 is 0 Å². The van der Waals surface area contributed by atoms with Gasteiger partial charge in [-0.25, -0.2) is 0 Å². The molecule has 0 aromatic heterocycles. The summed E-state index contributed by atoms with van der Waals surface area (Å²) in [5, 5.41) is 3.31. The molecule has 0 spiro atoms. The summed E-state index contributed by atoms with van der Waals surface area (Å²) in [6, 6.07) is 0. The molecule has 0 saturated carbocycles. The summed E-state index contributed by atoms with van der Waals surface area (Å²) in [5.74, 6) is 0. The van der Waals surface area contributed by atoms with E-state index in [2.05, 4.69) is 19.2 Å². The maximum absolute atomic E-state index is 3.31. The van der Waals surface area contributed by atoms with Gasteiger partial charge in [0.2, 0.25) is 0 Å². The highest BCUT2D eigenvalue weighted by molar-refractivity contribution is 4.78. The third-order valence-corrected chi connectivity index (χ3v) is 1.58. The molecule has 0 aromatic rings. The molecule has 1 N–H and O–H groups in total. The van der Waals surface area contributed by atoms with Crippen LogP contribution in [-0.4, -0.2) is 13.1 Å². The molecule has 0 radical (unpaired) electrons. The standard InChI is InChI=1S/C6H13N.C2H6/c1-6(2)3-4-7-5-6;1-2/h7H,3-5H2,1-2H3;1-2H3. The Kier molecular flexibility index (Phi) is 3.87. The lowest BCUT2D eigenvalue weighted by atomic mass is 9.93. The second kappa shape index (κ2) is 3.89. The van der Waals surface area contributed by atoms with Gasteiger partial charge in [-0.2, -0.15) is 0 Å². The van der Waals surface area contributed by atoms with Crippen molar-refractivity contribution in [2.75, 3.05) is 13.1 Å². The fraction of sp³-hybridized carbons (Fsp3) is 1.00. The maximum atomic E-state index is 3.31. The molecule has 1 aliphatic heterocycles. The van der Waals surface area contributed by atoms with E-state index in [1.807, 2.05) is 13.8 Å². The molecule has 0 amide bonds. The lowest BCUT2D eigenvalue weighted by Crippen LogP contribution is -2.15. The lowest BCUT2D eigenvalue weighted by Gasteiger charge is -2.12. The van der Waals surface area contributed by atoms with E-state index in [9.17, 15) is 0 Å². The van der Waals surface area contributed by atoms with Crippen molar-refractivity contribution in [1.82, 2.24) is 5.32 Å². The van der Waals surface area contributed by atoms with Gasteiger partial charge < -0.3 is 5.32 Å². The Balaban J connectivity index is 0.000000291. The monoisotopic (exact) mass is 129 g/mol. The molecule has 0 unspecified atom stereocenters. The van der Waals surface area contributed by atoms with E-state index in [4.69, 9.17) is 0 Å². The normalized spacial score (nSPS) is 22.7. The van der Waals surface area contributed by atoms with Gasteiger partial charge in [0.05, 0.1) is 0 Å². The van der Waals surface area contributed by atoms with Crippen molar-refractivity contribution in [3.05, 3.63) is 0 Å². The van der Waals surface area contributed by atoms with Gasteiger partial charge in [0.25, 0.3) is 0 Å². The van der Waals surface area contributed by atoms with Gasteiger partial charge in [0, 0.05) is 6.54 Å². The van der Waals surface area contributed by atoms with Crippen LogP contribution in [0.4, 0.5) is 0 Å². The predicted molar refractivity (Wildman–Crippen MR) is 42.6 cm³/mol. The van der Waals surface area contributed by atoms with Crippen LogP contribution in [0.25, 0.3) is 0 Å². The topological polar surface area (TPSA) is 12.0 Å². The summed E-state index contributed by atoms with van der Waals surface area (Å²) in [5.41, 5.74) is 0.583. The Morgan fingerprint density at radius 1 is 1.22 bits per heavy atom. The molecule has 0 bridgehead atoms. The summed E-state index contributed by atoms with van der Waals surface area (Å²) in [7, 11) is 0. The second-order valence-electron chi connectivity index (χ2n) is 3.09. The first kappa shape index (κ1) is 8.96. The largest absolute Gasteiger partial charge is 0.316 e. The van der Waals surface area contributed by atoms with Crippen LogP contribution < -0.4 is 5.32 Å². The van der Waals surface area contributed by atoms with E-state index >= 15 is 0 Å². The van der Waals surface area contributed by atoms with Gasteiger partial charge in [0.15, 0.2) is 0 Å². The first-order valence-electron chi connectivity index (χ1n) is 3.91. The van der Waals surface area contributed by atoms with E-state index in [0.29, 0.717) is 5.41 Å². The predicted octanol–water partition coefficient (Wildman–Crippen LogP) is 2.03. The van der Waals surface area contributed by atoms with Crippen LogP contribution in [0.2, 0.25) is 0 Å². The quantitative estimate of drug-likeness (QED) is 0.527. The first-order chi connectivity index (χ1) is 4.21. The van der Waals surface area contributed by atoms with Crippen LogP contribution in [0.5, 0.6) is 0 Å². The molecule has 1 saturated heterocycles. The molecular formula is C8H19N. The number of rotatable bonds is 0. The number of nitrogens with one attached hydrogen (secondary N) is 1. The Bertz CT molecular complexity index is 59.0. The summed E-state index contributed by atoms with van der Waals surface area (Å²) < 4.78 is 0. The van der Waals surface area contributed by atoms with Gasteiger partial charge in [0.1, 0.15) is 0 Å². The van der Waals surface area contributed by atoms with E-state index < -0.39 is 0 Å². The summed E-state index contributed by atoms with van der Waals surface area (Å²) in [6.45, 7) is 11.0. The molecule has 0 aromatic carbocycles. The molecule has 1 rings (SSSR count). The minimum Gasteiger partial charge on any atom is -0.316 e. The zero-order valence-electron chi connectivity index (χ0n) is 7.12. The summed E-state index contributed by atoms with van der Waals surface area (Å²) in [4.78, 5) is 0. The zero-order valence-corrected chi connectivity index (χ0v) is 7.12. The van der Waals surface area contributed by atoms with E-state index in [0.717, 1.165) is 0 Å². The Morgan fingerprint density at radius 2 is 1.78 bits per heavy atom. The highest BCUT2D eigenvalue weighted by Crippen LogP contribution is 2.21. The SMILES string of the molecule is CC.CC1(C)CCNC1. The van der Waals surface area contributed by atoms with Crippen molar-refractivity contribution in [3.63, 3.8) is 0 Å². The highest BCUT2D eigenvalue weighted by Gasteiger charge is 2.21. The Hall–Kier alpha value is -0.0400. The molecule has 1 heterocycles. The number of hydrogen-bond acceptors (Lipinski definition) is 1. The lowest BCUT2D eigenvalue weighted by molar-refractivity contribution is 0.413. The van der Waals surface area contributed by atoms with Crippen LogP contribution >= 0.6 is 0 Å². The van der Waals surface area contributed by atoms with Crippen molar-refractivity contribution in [3.8, 4) is 0 Å². The molecular weight excluding hydrogens is 110 g/mol. The fourth-order valence-electron chi connectivity index (χ4n) is 0.942. The van der Waals surface area contributed by atoms with Crippen molar-refractivity contribution >= 4 is 0 Å². The number of hydrogen-bond donors (Lipinski definition) is 1. The highest BCUT2D eigenvalue weighted by atomic mass is 14.9. The van der Waals surface area contributed by atoms with Gasteiger partial charge in [-0.3, -0.25) is 0 Å². The molecule has 1 nitrogen and oxygen atoms in total. The van der Waals surface area contributed by atoms with E-state index in [1.165, 1.54) is 19.5 Å². The zero-order chi connectivity index (χ0) is 7.33. The van der Waals surface area contributed by atoms with Crippen molar-refractivity contribution in [1.29, 1.82) is 0 Å². The third kappa shape index (κ3) is 3.52. The molecule has 9 heavy (non-hydrogen) atoms. The molecule has 0 aliphatic carbocycles. The Morgan fingerprint density at radius 3 is 1.89 bits per heavy atom. The van der Waals surface area contributed by atoms with Crippen LogP contribution in [0.15, 0.2) is 0 Å².